The molecule has 0 aliphatic rings. The Bertz CT molecular complexity index is 1140. The molecule has 2 aromatic heterocycles. The molecule has 2 aromatic carbocycles. The third kappa shape index (κ3) is 4.71. The summed E-state index contributed by atoms with van der Waals surface area (Å²) >= 11 is 4.80. The summed E-state index contributed by atoms with van der Waals surface area (Å²) in [7, 11) is 0. The minimum absolute atomic E-state index is 0.229. The number of nitrogens with one attached hydrogen (secondary N) is 1. The van der Waals surface area contributed by atoms with E-state index >= 15 is 0 Å². The number of carbonyl (C=O) groups excluding carboxylic acids is 1. The lowest BCUT2D eigenvalue weighted by atomic mass is 10.2. The molecule has 0 radical (unpaired) electrons. The zero-order chi connectivity index (χ0) is 20.9. The van der Waals surface area contributed by atoms with E-state index in [1.807, 2.05) is 36.6 Å². The van der Waals surface area contributed by atoms with Crippen molar-refractivity contribution in [2.45, 2.75) is 20.1 Å². The van der Waals surface area contributed by atoms with Gasteiger partial charge in [-0.25, -0.2) is 9.67 Å². The number of nitrogens with zero attached hydrogens (tertiary/aromatic N) is 5. The maximum atomic E-state index is 12.5. The van der Waals surface area contributed by atoms with Crippen molar-refractivity contribution in [2.75, 3.05) is 5.32 Å². The van der Waals surface area contributed by atoms with Gasteiger partial charge in [0.05, 0.1) is 5.69 Å². The molecule has 0 saturated heterocycles. The molecule has 0 unspecified atom stereocenters. The number of carbonyl (C=O) groups is 1. The van der Waals surface area contributed by atoms with Gasteiger partial charge in [0.2, 0.25) is 0 Å². The molecular formula is C20H17BrN6O2S. The van der Waals surface area contributed by atoms with Crippen molar-refractivity contribution in [2.24, 2.45) is 0 Å². The molecule has 0 fully saturated rings. The molecule has 0 bridgehead atoms. The lowest BCUT2D eigenvalue weighted by Crippen LogP contribution is -2.11. The number of halogens is 1. The summed E-state index contributed by atoms with van der Waals surface area (Å²) < 4.78 is 8.37. The Morgan fingerprint density at radius 2 is 1.93 bits per heavy atom. The SMILES string of the molecule is CCn1nnnc1COc1ccc(C(=O)Nc2nc(-c3ccc(Br)cc3)cs2)cc1. The summed E-state index contributed by atoms with van der Waals surface area (Å²) in [4.78, 5) is 17.0. The van der Waals surface area contributed by atoms with Crippen LogP contribution in [0, 0.1) is 0 Å². The zero-order valence-corrected chi connectivity index (χ0v) is 18.4. The number of hydrogen-bond donors (Lipinski definition) is 1. The van der Waals surface area contributed by atoms with Crippen LogP contribution in [0.3, 0.4) is 0 Å². The van der Waals surface area contributed by atoms with Crippen LogP contribution in [0.1, 0.15) is 23.1 Å². The Labute approximate surface area is 185 Å². The van der Waals surface area contributed by atoms with Crippen LogP contribution in [0.15, 0.2) is 58.4 Å². The minimum Gasteiger partial charge on any atom is -0.486 e. The Morgan fingerprint density at radius 1 is 1.17 bits per heavy atom. The summed E-state index contributed by atoms with van der Waals surface area (Å²) in [6, 6.07) is 14.8. The predicted molar refractivity (Wildman–Crippen MR) is 117 cm³/mol. The first kappa shape index (κ1) is 20.2. The van der Waals surface area contributed by atoms with Crippen LogP contribution in [0.5, 0.6) is 5.75 Å². The van der Waals surface area contributed by atoms with E-state index in [4.69, 9.17) is 4.74 Å². The summed E-state index contributed by atoms with van der Waals surface area (Å²) in [5.41, 5.74) is 2.33. The molecular weight excluding hydrogens is 468 g/mol. The summed E-state index contributed by atoms with van der Waals surface area (Å²) in [5.74, 6) is 1.04. The molecule has 152 valence electrons. The van der Waals surface area contributed by atoms with E-state index in [1.165, 1.54) is 11.3 Å². The number of ether oxygens (including phenoxy) is 1. The van der Waals surface area contributed by atoms with Gasteiger partial charge in [-0.1, -0.05) is 28.1 Å². The molecule has 0 saturated carbocycles. The Kier molecular flexibility index (Phi) is 6.15. The van der Waals surface area contributed by atoms with Crippen LogP contribution >= 0.6 is 27.3 Å². The molecule has 8 nitrogen and oxygen atoms in total. The third-order valence-electron chi connectivity index (χ3n) is 4.25. The highest BCUT2D eigenvalue weighted by Crippen LogP contribution is 2.26. The van der Waals surface area contributed by atoms with Crippen LogP contribution in [-0.2, 0) is 13.2 Å². The fourth-order valence-electron chi connectivity index (χ4n) is 2.68. The molecule has 1 amide bonds. The molecule has 10 heteroatoms. The standard InChI is InChI=1S/C20H17BrN6O2S/c1-2-27-18(24-25-26-27)11-29-16-9-5-14(6-10-16)19(28)23-20-22-17(12-30-20)13-3-7-15(21)8-4-13/h3-10,12H,2,11H2,1H3,(H,22,23,28). The molecule has 4 rings (SSSR count). The van der Waals surface area contributed by atoms with Gasteiger partial charge >= 0.3 is 0 Å². The summed E-state index contributed by atoms with van der Waals surface area (Å²) in [6.45, 7) is 2.88. The average Bonchev–Trinajstić information content (AvgIpc) is 3.42. The summed E-state index contributed by atoms with van der Waals surface area (Å²) in [6.07, 6.45) is 0. The second-order valence-electron chi connectivity index (χ2n) is 6.22. The first-order chi connectivity index (χ1) is 14.6. The smallest absolute Gasteiger partial charge is 0.257 e. The number of benzene rings is 2. The van der Waals surface area contributed by atoms with Crippen molar-refractivity contribution in [3.05, 3.63) is 69.8 Å². The van der Waals surface area contributed by atoms with E-state index in [0.29, 0.717) is 28.8 Å². The molecule has 4 aromatic rings. The van der Waals surface area contributed by atoms with Gasteiger partial charge in [-0.2, -0.15) is 0 Å². The lowest BCUT2D eigenvalue weighted by molar-refractivity contribution is 0.102. The number of thiazole rings is 1. The van der Waals surface area contributed by atoms with Crippen LogP contribution in [0.4, 0.5) is 5.13 Å². The van der Waals surface area contributed by atoms with Crippen LogP contribution < -0.4 is 10.1 Å². The highest BCUT2D eigenvalue weighted by atomic mass is 79.9. The van der Waals surface area contributed by atoms with Gasteiger partial charge < -0.3 is 4.74 Å². The third-order valence-corrected chi connectivity index (χ3v) is 5.54. The highest BCUT2D eigenvalue weighted by molar-refractivity contribution is 9.10. The molecule has 30 heavy (non-hydrogen) atoms. The number of hydrogen-bond acceptors (Lipinski definition) is 7. The maximum absolute atomic E-state index is 12.5. The first-order valence-electron chi connectivity index (χ1n) is 9.13. The average molecular weight is 485 g/mol. The number of aryl methyl sites for hydroxylation is 1. The molecule has 2 heterocycles. The van der Waals surface area contributed by atoms with E-state index in [-0.39, 0.29) is 12.5 Å². The molecule has 0 aliphatic carbocycles. The quantitative estimate of drug-likeness (QED) is 0.417. The van der Waals surface area contributed by atoms with Crippen molar-refractivity contribution in [3.8, 4) is 17.0 Å². The largest absolute Gasteiger partial charge is 0.486 e. The molecule has 0 spiro atoms. The fourth-order valence-corrected chi connectivity index (χ4v) is 3.66. The van der Waals surface area contributed by atoms with Crippen molar-refractivity contribution in [1.82, 2.24) is 25.2 Å². The highest BCUT2D eigenvalue weighted by Gasteiger charge is 2.11. The van der Waals surface area contributed by atoms with Crippen LogP contribution in [-0.4, -0.2) is 31.1 Å². The number of rotatable bonds is 7. The van der Waals surface area contributed by atoms with E-state index in [1.54, 1.807) is 28.9 Å². The van der Waals surface area contributed by atoms with Crippen molar-refractivity contribution in [3.63, 3.8) is 0 Å². The number of aromatic nitrogens is 5. The van der Waals surface area contributed by atoms with Crippen molar-refractivity contribution < 1.29 is 9.53 Å². The van der Waals surface area contributed by atoms with E-state index < -0.39 is 0 Å². The van der Waals surface area contributed by atoms with Crippen LogP contribution in [0.2, 0.25) is 0 Å². The molecule has 0 atom stereocenters. The normalized spacial score (nSPS) is 10.7. The topological polar surface area (TPSA) is 94.8 Å². The monoisotopic (exact) mass is 484 g/mol. The predicted octanol–water partition coefficient (Wildman–Crippen LogP) is 4.41. The molecule has 1 N–H and O–H groups in total. The van der Waals surface area contributed by atoms with Gasteiger partial charge in [-0.15, -0.1) is 16.4 Å². The molecule has 0 aliphatic heterocycles. The number of tetrazole rings is 1. The van der Waals surface area contributed by atoms with E-state index in [0.717, 1.165) is 15.7 Å². The Balaban J connectivity index is 1.36. The van der Waals surface area contributed by atoms with Gasteiger partial charge in [0.1, 0.15) is 12.4 Å². The Hall–Kier alpha value is -3.11. The Morgan fingerprint density at radius 3 is 2.67 bits per heavy atom. The lowest BCUT2D eigenvalue weighted by Gasteiger charge is -2.07. The minimum atomic E-state index is -0.229. The fraction of sp³-hybridized carbons (Fsp3) is 0.150. The van der Waals surface area contributed by atoms with Gasteiger partial charge in [0.15, 0.2) is 11.0 Å². The van der Waals surface area contributed by atoms with Crippen molar-refractivity contribution >= 4 is 38.3 Å². The number of amides is 1. The zero-order valence-electron chi connectivity index (χ0n) is 15.9. The van der Waals surface area contributed by atoms with E-state index in [2.05, 4.69) is 41.8 Å². The van der Waals surface area contributed by atoms with Gasteiger partial charge in [0.25, 0.3) is 5.91 Å². The first-order valence-corrected chi connectivity index (χ1v) is 10.8. The maximum Gasteiger partial charge on any atom is 0.257 e. The van der Waals surface area contributed by atoms with Gasteiger partial charge in [-0.3, -0.25) is 10.1 Å². The van der Waals surface area contributed by atoms with Gasteiger partial charge in [0, 0.05) is 27.5 Å². The van der Waals surface area contributed by atoms with E-state index in [9.17, 15) is 4.79 Å². The second-order valence-corrected chi connectivity index (χ2v) is 8.00. The van der Waals surface area contributed by atoms with Gasteiger partial charge in [-0.05, 0) is 53.7 Å². The summed E-state index contributed by atoms with van der Waals surface area (Å²) in [5, 5.41) is 16.7. The van der Waals surface area contributed by atoms with Crippen molar-refractivity contribution in [1.29, 1.82) is 0 Å². The van der Waals surface area contributed by atoms with Crippen LogP contribution in [0.25, 0.3) is 11.3 Å². The second kappa shape index (κ2) is 9.14. The number of anilines is 1.